The quantitative estimate of drug-likeness (QED) is 0.112. The van der Waals surface area contributed by atoms with Gasteiger partial charge in [-0.1, -0.05) is 46.9 Å². The van der Waals surface area contributed by atoms with Gasteiger partial charge in [0.05, 0.1) is 16.5 Å². The number of rotatable bonds is 8. The number of hydrogen-bond acceptors (Lipinski definition) is 4. The fraction of sp³-hybridized carbons (Fsp3) is 0.161. The molecule has 5 N–H and O–H groups in total. The van der Waals surface area contributed by atoms with Crippen molar-refractivity contribution >= 4 is 92.6 Å². The summed E-state index contributed by atoms with van der Waals surface area (Å²) in [6, 6.07) is 22.9. The molecule has 1 saturated carbocycles. The maximum Gasteiger partial charge on any atom is 0.257 e. The molecule has 0 radical (unpaired) electrons. The van der Waals surface area contributed by atoms with Gasteiger partial charge in [-0.15, -0.1) is 23.2 Å². The normalized spacial score (nSPS) is 16.9. The summed E-state index contributed by atoms with van der Waals surface area (Å²) in [5.41, 5.74) is 11.2. The van der Waals surface area contributed by atoms with E-state index in [-0.39, 0.29) is 10.6 Å². The molecule has 0 heterocycles. The van der Waals surface area contributed by atoms with Gasteiger partial charge in [0.15, 0.2) is 0 Å². The summed E-state index contributed by atoms with van der Waals surface area (Å²) in [5, 5.41) is 10.1. The molecular weight excluding hydrogens is 638 g/mol. The molecule has 1 aliphatic rings. The van der Waals surface area contributed by atoms with Crippen LogP contribution < -0.4 is 21.7 Å². The zero-order valence-corrected chi connectivity index (χ0v) is 25.9. The van der Waals surface area contributed by atoms with Gasteiger partial charge in [0.25, 0.3) is 5.91 Å². The molecule has 5 rings (SSSR count). The van der Waals surface area contributed by atoms with E-state index in [4.69, 9.17) is 63.7 Å². The predicted octanol–water partition coefficient (Wildman–Crippen LogP) is 8.93. The van der Waals surface area contributed by atoms with Crippen molar-refractivity contribution < 1.29 is 9.59 Å². The fourth-order valence-corrected chi connectivity index (χ4v) is 6.34. The van der Waals surface area contributed by atoms with E-state index in [0.29, 0.717) is 39.2 Å². The zero-order valence-electron chi connectivity index (χ0n) is 22.2. The van der Waals surface area contributed by atoms with Crippen LogP contribution in [0.15, 0.2) is 78.9 Å². The Bertz CT molecular complexity index is 1660. The Morgan fingerprint density at radius 2 is 1.50 bits per heavy atom. The summed E-state index contributed by atoms with van der Waals surface area (Å²) in [4.78, 5) is 26.3. The van der Waals surface area contributed by atoms with Crippen molar-refractivity contribution in [1.82, 2.24) is 0 Å². The van der Waals surface area contributed by atoms with Crippen molar-refractivity contribution in [2.24, 2.45) is 5.92 Å². The number of nitrogens with one attached hydrogen (secondary N) is 3. The second-order valence-electron chi connectivity index (χ2n) is 10.1. The maximum absolute atomic E-state index is 13.2. The number of anilines is 4. The molecule has 2 unspecified atom stereocenters. The highest BCUT2D eigenvalue weighted by atomic mass is 35.5. The van der Waals surface area contributed by atoms with Gasteiger partial charge in [-0.25, -0.2) is 0 Å². The third-order valence-corrected chi connectivity index (χ3v) is 8.72. The average Bonchev–Trinajstić information content (AvgIpc) is 3.52. The van der Waals surface area contributed by atoms with Crippen LogP contribution in [0.3, 0.4) is 0 Å². The van der Waals surface area contributed by atoms with Crippen LogP contribution in [0.5, 0.6) is 0 Å². The first-order valence-corrected chi connectivity index (χ1v) is 14.8. The molecule has 42 heavy (non-hydrogen) atoms. The first-order valence-electron chi connectivity index (χ1n) is 12.9. The molecule has 0 spiro atoms. The summed E-state index contributed by atoms with van der Waals surface area (Å²) in [7, 11) is 0. The molecule has 4 aromatic rings. The number of benzene rings is 4. The Labute approximate surface area is 268 Å². The topological polar surface area (TPSA) is 96.2 Å². The molecule has 0 bridgehead atoms. The molecule has 0 aliphatic heterocycles. The second kappa shape index (κ2) is 12.2. The third kappa shape index (κ3) is 6.74. The van der Waals surface area contributed by atoms with Crippen molar-refractivity contribution in [2.75, 3.05) is 21.7 Å². The van der Waals surface area contributed by atoms with E-state index in [1.807, 2.05) is 49.4 Å². The van der Waals surface area contributed by atoms with E-state index in [1.165, 1.54) is 6.07 Å². The fourth-order valence-electron chi connectivity index (χ4n) is 4.76. The van der Waals surface area contributed by atoms with Crippen LogP contribution in [0.25, 0.3) is 0 Å². The lowest BCUT2D eigenvalue weighted by atomic mass is 10.1. The summed E-state index contributed by atoms with van der Waals surface area (Å²) in [6.07, 6.45) is 0. The minimum atomic E-state index is -1.33. The van der Waals surface area contributed by atoms with Crippen molar-refractivity contribution in [1.29, 1.82) is 0 Å². The SMILES string of the molecule is Cc1cc(NCc2ccc(N)cc2)ccc1NC(=O)c1cc(NC(=O)C2C(c3cc(Cl)cc(Cl)c3)C2(Cl)Cl)ccc1Cl. The van der Waals surface area contributed by atoms with Gasteiger partial charge < -0.3 is 21.7 Å². The number of halogens is 5. The highest BCUT2D eigenvalue weighted by Gasteiger charge is 2.67. The Balaban J connectivity index is 1.25. The van der Waals surface area contributed by atoms with E-state index in [1.54, 1.807) is 30.3 Å². The minimum absolute atomic E-state index is 0.191. The van der Waals surface area contributed by atoms with E-state index >= 15 is 0 Å². The molecule has 216 valence electrons. The number of carbonyl (C=O) groups excluding carboxylic acids is 2. The smallest absolute Gasteiger partial charge is 0.257 e. The number of alkyl halides is 2. The van der Waals surface area contributed by atoms with Crippen LogP contribution in [0, 0.1) is 12.8 Å². The molecule has 0 aromatic heterocycles. The molecule has 4 aromatic carbocycles. The first kappa shape index (κ1) is 30.3. The predicted molar refractivity (Wildman–Crippen MR) is 175 cm³/mol. The molecule has 6 nitrogen and oxygen atoms in total. The third-order valence-electron chi connectivity index (χ3n) is 7.01. The largest absolute Gasteiger partial charge is 0.399 e. The molecule has 1 aliphatic carbocycles. The Hall–Kier alpha value is -3.13. The lowest BCUT2D eigenvalue weighted by Crippen LogP contribution is -2.18. The van der Waals surface area contributed by atoms with Gasteiger partial charge >= 0.3 is 0 Å². The van der Waals surface area contributed by atoms with Gasteiger partial charge in [-0.2, -0.15) is 0 Å². The van der Waals surface area contributed by atoms with Crippen molar-refractivity contribution in [3.05, 3.63) is 116 Å². The average molecular weight is 663 g/mol. The van der Waals surface area contributed by atoms with Crippen LogP contribution in [-0.4, -0.2) is 16.1 Å². The zero-order chi connectivity index (χ0) is 30.2. The summed E-state index contributed by atoms with van der Waals surface area (Å²) in [6.45, 7) is 2.52. The molecule has 2 atom stereocenters. The second-order valence-corrected chi connectivity index (χ2v) is 12.8. The lowest BCUT2D eigenvalue weighted by Gasteiger charge is -2.13. The maximum atomic E-state index is 13.2. The molecule has 0 saturated heterocycles. The lowest BCUT2D eigenvalue weighted by molar-refractivity contribution is -0.117. The van der Waals surface area contributed by atoms with E-state index in [2.05, 4.69) is 16.0 Å². The van der Waals surface area contributed by atoms with E-state index in [9.17, 15) is 9.59 Å². The summed E-state index contributed by atoms with van der Waals surface area (Å²) < 4.78 is -1.33. The van der Waals surface area contributed by atoms with E-state index < -0.39 is 28.0 Å². The van der Waals surface area contributed by atoms with Crippen LogP contribution in [0.2, 0.25) is 15.1 Å². The number of aryl methyl sites for hydroxylation is 1. The minimum Gasteiger partial charge on any atom is -0.399 e. The van der Waals surface area contributed by atoms with Crippen LogP contribution in [0.1, 0.15) is 33.0 Å². The standard InChI is InChI=1S/C31H25Cl5N4O2/c1-16-10-22(38-15-17-2-4-21(37)5-3-17)7-9-26(16)40-29(41)24-14-23(6-8-25(24)34)39-30(42)28-27(31(28,35)36)18-11-19(32)13-20(33)12-18/h2-14,27-28,38H,15,37H2,1H3,(H,39,42)(H,40,41). The van der Waals surface area contributed by atoms with Crippen LogP contribution >= 0.6 is 58.0 Å². The van der Waals surface area contributed by atoms with Gasteiger partial charge in [0, 0.05) is 45.3 Å². The number of carbonyl (C=O) groups is 2. The summed E-state index contributed by atoms with van der Waals surface area (Å²) in [5.74, 6) is -2.09. The highest BCUT2D eigenvalue weighted by molar-refractivity contribution is 6.53. The summed E-state index contributed by atoms with van der Waals surface area (Å²) >= 11 is 31.6. The molecule has 2 amide bonds. The van der Waals surface area contributed by atoms with Crippen molar-refractivity contribution in [3.8, 4) is 0 Å². The van der Waals surface area contributed by atoms with Gasteiger partial charge in [-0.05, 0) is 90.3 Å². The number of nitrogen functional groups attached to an aromatic ring is 1. The van der Waals surface area contributed by atoms with Gasteiger partial charge in [0.2, 0.25) is 5.91 Å². The van der Waals surface area contributed by atoms with Crippen LogP contribution in [-0.2, 0) is 11.3 Å². The monoisotopic (exact) mass is 660 g/mol. The van der Waals surface area contributed by atoms with Crippen LogP contribution in [0.4, 0.5) is 22.7 Å². The Morgan fingerprint density at radius 3 is 2.17 bits per heavy atom. The van der Waals surface area contributed by atoms with E-state index in [0.717, 1.165) is 16.8 Å². The number of hydrogen-bond donors (Lipinski definition) is 4. The van der Waals surface area contributed by atoms with Gasteiger partial charge in [0.1, 0.15) is 4.33 Å². The van der Waals surface area contributed by atoms with Gasteiger partial charge in [-0.3, -0.25) is 9.59 Å². The Morgan fingerprint density at radius 1 is 0.833 bits per heavy atom. The number of nitrogens with two attached hydrogens (primary N) is 1. The van der Waals surface area contributed by atoms with Crippen molar-refractivity contribution in [2.45, 2.75) is 23.7 Å². The molecule has 11 heteroatoms. The Kier molecular flexibility index (Phi) is 8.83. The number of amides is 2. The van der Waals surface area contributed by atoms with Crippen molar-refractivity contribution in [3.63, 3.8) is 0 Å². The highest BCUT2D eigenvalue weighted by Crippen LogP contribution is 2.65. The molecule has 1 fully saturated rings. The molecular formula is C31H25Cl5N4O2. The first-order chi connectivity index (χ1) is 19.9.